The third kappa shape index (κ3) is 4.17. The van der Waals surface area contributed by atoms with Crippen molar-refractivity contribution < 1.29 is 4.79 Å². The second-order valence-corrected chi connectivity index (χ2v) is 5.25. The third-order valence-corrected chi connectivity index (χ3v) is 3.40. The predicted octanol–water partition coefficient (Wildman–Crippen LogP) is 3.72. The number of carbonyl (C=O) groups excluding carboxylic acids is 1. The molecule has 4 heteroatoms. The highest BCUT2D eigenvalue weighted by atomic mass is 79.9. The normalized spacial score (nSPS) is 10.2. The molecule has 98 valence electrons. The monoisotopic (exact) mass is 318 g/mol. The van der Waals surface area contributed by atoms with E-state index in [-0.39, 0.29) is 5.91 Å². The van der Waals surface area contributed by atoms with Crippen molar-refractivity contribution >= 4 is 27.5 Å². The number of carbonyl (C=O) groups is 1. The van der Waals surface area contributed by atoms with Gasteiger partial charge in [0.2, 0.25) is 5.91 Å². The first-order chi connectivity index (χ1) is 9.15. The molecule has 2 aromatic rings. The number of nitrogens with zero attached hydrogens (tertiary/aromatic N) is 1. The van der Waals surface area contributed by atoms with Gasteiger partial charge in [0, 0.05) is 18.8 Å². The number of pyridine rings is 1. The van der Waals surface area contributed by atoms with Gasteiger partial charge in [-0.15, -0.1) is 0 Å². The number of aryl methyl sites for hydroxylation is 2. The van der Waals surface area contributed by atoms with Crippen LogP contribution in [0.25, 0.3) is 0 Å². The van der Waals surface area contributed by atoms with Gasteiger partial charge < -0.3 is 5.32 Å². The molecule has 0 atom stereocenters. The first-order valence-electron chi connectivity index (χ1n) is 6.10. The molecule has 0 radical (unpaired) electrons. The molecule has 0 fully saturated rings. The highest BCUT2D eigenvalue weighted by Gasteiger charge is 2.05. The van der Waals surface area contributed by atoms with Gasteiger partial charge in [0.25, 0.3) is 0 Å². The maximum atomic E-state index is 11.9. The number of halogens is 1. The summed E-state index contributed by atoms with van der Waals surface area (Å²) in [7, 11) is 0. The van der Waals surface area contributed by atoms with Crippen LogP contribution < -0.4 is 5.32 Å². The summed E-state index contributed by atoms with van der Waals surface area (Å²) < 4.78 is 0.791. The molecule has 1 heterocycles. The molecule has 1 amide bonds. The van der Waals surface area contributed by atoms with Crippen LogP contribution in [0.4, 0.5) is 5.69 Å². The predicted molar refractivity (Wildman–Crippen MR) is 80.1 cm³/mol. The molecule has 1 N–H and O–H groups in total. The van der Waals surface area contributed by atoms with Gasteiger partial charge >= 0.3 is 0 Å². The maximum absolute atomic E-state index is 11.9. The fourth-order valence-corrected chi connectivity index (χ4v) is 2.16. The smallest absolute Gasteiger partial charge is 0.224 e. The van der Waals surface area contributed by atoms with Crippen molar-refractivity contribution in [2.24, 2.45) is 0 Å². The van der Waals surface area contributed by atoms with Gasteiger partial charge in [0.1, 0.15) is 0 Å². The fraction of sp³-hybridized carbons (Fsp3) is 0.200. The van der Waals surface area contributed by atoms with Crippen molar-refractivity contribution in [3.8, 4) is 0 Å². The van der Waals surface area contributed by atoms with Gasteiger partial charge in [-0.05, 0) is 40.9 Å². The van der Waals surface area contributed by atoms with Crippen LogP contribution >= 0.6 is 15.9 Å². The van der Waals surface area contributed by atoms with E-state index >= 15 is 0 Å². The van der Waals surface area contributed by atoms with Crippen LogP contribution in [-0.2, 0) is 11.2 Å². The number of hydrogen-bond donors (Lipinski definition) is 1. The first kappa shape index (κ1) is 13.7. The van der Waals surface area contributed by atoms with Gasteiger partial charge in [-0.2, -0.15) is 0 Å². The minimum absolute atomic E-state index is 0.00778. The van der Waals surface area contributed by atoms with Crippen molar-refractivity contribution in [3.63, 3.8) is 0 Å². The Morgan fingerprint density at radius 2 is 2.21 bits per heavy atom. The quantitative estimate of drug-likeness (QED) is 0.933. The summed E-state index contributed by atoms with van der Waals surface area (Å²) >= 11 is 3.35. The van der Waals surface area contributed by atoms with E-state index in [1.54, 1.807) is 18.5 Å². The number of rotatable bonds is 4. The summed E-state index contributed by atoms with van der Waals surface area (Å²) in [6.07, 6.45) is 4.53. The van der Waals surface area contributed by atoms with Gasteiger partial charge in [-0.25, -0.2) is 0 Å². The third-order valence-electron chi connectivity index (χ3n) is 2.77. The zero-order valence-corrected chi connectivity index (χ0v) is 12.3. The molecule has 0 saturated carbocycles. The fourth-order valence-electron chi connectivity index (χ4n) is 1.81. The van der Waals surface area contributed by atoms with Gasteiger partial charge in [0.15, 0.2) is 0 Å². The van der Waals surface area contributed by atoms with Crippen molar-refractivity contribution in [1.29, 1.82) is 0 Å². The Kier molecular flexibility index (Phi) is 4.68. The molecule has 0 saturated heterocycles. The van der Waals surface area contributed by atoms with Crippen LogP contribution in [0.15, 0.2) is 47.2 Å². The highest BCUT2D eigenvalue weighted by Crippen LogP contribution is 2.20. The Labute approximate surface area is 121 Å². The molecule has 0 unspecified atom stereocenters. The lowest BCUT2D eigenvalue weighted by atomic mass is 10.1. The molecular formula is C15H15BrN2O. The van der Waals surface area contributed by atoms with E-state index < -0.39 is 0 Å². The Balaban J connectivity index is 1.90. The second-order valence-electron chi connectivity index (χ2n) is 4.39. The van der Waals surface area contributed by atoms with Crippen LogP contribution in [0.5, 0.6) is 0 Å². The van der Waals surface area contributed by atoms with E-state index in [4.69, 9.17) is 0 Å². The molecule has 0 spiro atoms. The number of amides is 1. The van der Waals surface area contributed by atoms with Crippen molar-refractivity contribution in [3.05, 3.63) is 58.3 Å². The Morgan fingerprint density at radius 1 is 1.37 bits per heavy atom. The van der Waals surface area contributed by atoms with E-state index in [0.29, 0.717) is 6.42 Å². The van der Waals surface area contributed by atoms with E-state index in [0.717, 1.165) is 16.6 Å². The molecule has 0 bridgehead atoms. The topological polar surface area (TPSA) is 42.0 Å². The van der Waals surface area contributed by atoms with Crippen molar-refractivity contribution in [1.82, 2.24) is 4.98 Å². The highest BCUT2D eigenvalue weighted by molar-refractivity contribution is 9.10. The van der Waals surface area contributed by atoms with Crippen molar-refractivity contribution in [2.45, 2.75) is 19.8 Å². The summed E-state index contributed by atoms with van der Waals surface area (Å²) in [5.74, 6) is 0.00778. The van der Waals surface area contributed by atoms with Crippen LogP contribution in [-0.4, -0.2) is 10.9 Å². The molecule has 0 aliphatic carbocycles. The van der Waals surface area contributed by atoms with Gasteiger partial charge in [-0.3, -0.25) is 9.78 Å². The number of anilines is 1. The largest absolute Gasteiger partial charge is 0.325 e. The number of nitrogens with one attached hydrogen (secondary N) is 1. The minimum Gasteiger partial charge on any atom is -0.325 e. The molecule has 3 nitrogen and oxygen atoms in total. The van der Waals surface area contributed by atoms with Crippen LogP contribution in [0.2, 0.25) is 0 Å². The molecule has 1 aromatic carbocycles. The van der Waals surface area contributed by atoms with E-state index in [2.05, 4.69) is 45.3 Å². The molecule has 1 aromatic heterocycles. The summed E-state index contributed by atoms with van der Waals surface area (Å²) in [4.78, 5) is 15.8. The SMILES string of the molecule is Cc1cccc(CCC(=O)Nc2ccncc2Br)c1. The van der Waals surface area contributed by atoms with Crippen LogP contribution in [0, 0.1) is 6.92 Å². The molecule has 19 heavy (non-hydrogen) atoms. The Hall–Kier alpha value is -1.68. The summed E-state index contributed by atoms with van der Waals surface area (Å²) in [5, 5.41) is 2.87. The van der Waals surface area contributed by atoms with Crippen molar-refractivity contribution in [2.75, 3.05) is 5.32 Å². The lowest BCUT2D eigenvalue weighted by Gasteiger charge is -2.07. The average molecular weight is 319 g/mol. The minimum atomic E-state index is 0.00778. The summed E-state index contributed by atoms with van der Waals surface area (Å²) in [5.41, 5.74) is 3.16. The molecule has 0 aliphatic rings. The van der Waals surface area contributed by atoms with Gasteiger partial charge in [-0.1, -0.05) is 29.8 Å². The average Bonchev–Trinajstić information content (AvgIpc) is 2.39. The lowest BCUT2D eigenvalue weighted by Crippen LogP contribution is -2.12. The van der Waals surface area contributed by atoms with Crippen LogP contribution in [0.3, 0.4) is 0 Å². The maximum Gasteiger partial charge on any atom is 0.224 e. The zero-order chi connectivity index (χ0) is 13.7. The lowest BCUT2D eigenvalue weighted by molar-refractivity contribution is -0.116. The Bertz CT molecular complexity index is 584. The van der Waals surface area contributed by atoms with Gasteiger partial charge in [0.05, 0.1) is 10.2 Å². The first-order valence-corrected chi connectivity index (χ1v) is 6.89. The standard InChI is InChI=1S/C15H15BrN2O/c1-11-3-2-4-12(9-11)5-6-15(19)18-14-7-8-17-10-13(14)16/h2-4,7-10H,5-6H2,1H3,(H,17,18,19). The second kappa shape index (κ2) is 6.48. The number of hydrogen-bond acceptors (Lipinski definition) is 2. The molecule has 0 aliphatic heterocycles. The number of aromatic nitrogens is 1. The van der Waals surface area contributed by atoms with E-state index in [9.17, 15) is 4.79 Å². The molecular weight excluding hydrogens is 304 g/mol. The van der Waals surface area contributed by atoms with Crippen LogP contribution in [0.1, 0.15) is 17.5 Å². The zero-order valence-electron chi connectivity index (χ0n) is 10.7. The number of benzene rings is 1. The van der Waals surface area contributed by atoms with E-state index in [1.165, 1.54) is 11.1 Å². The summed E-state index contributed by atoms with van der Waals surface area (Å²) in [6, 6.07) is 9.99. The molecule has 2 rings (SSSR count). The Morgan fingerprint density at radius 3 is 2.95 bits per heavy atom. The van der Waals surface area contributed by atoms with E-state index in [1.807, 2.05) is 12.1 Å². The summed E-state index contributed by atoms with van der Waals surface area (Å²) in [6.45, 7) is 2.05.